The van der Waals surface area contributed by atoms with Crippen molar-refractivity contribution in [2.45, 2.75) is 24.8 Å². The molecule has 0 unspecified atom stereocenters. The van der Waals surface area contributed by atoms with Crippen molar-refractivity contribution in [3.05, 3.63) is 59.7 Å². The highest BCUT2D eigenvalue weighted by molar-refractivity contribution is 6.12. The zero-order valence-corrected chi connectivity index (χ0v) is 16.8. The maximum Gasteiger partial charge on any atom is 0.325 e. The molecule has 8 heteroatoms. The molecule has 0 aliphatic carbocycles. The van der Waals surface area contributed by atoms with Crippen LogP contribution in [0, 0.1) is 0 Å². The molecule has 3 aliphatic rings. The van der Waals surface area contributed by atoms with E-state index in [1.807, 2.05) is 0 Å². The van der Waals surface area contributed by atoms with Crippen molar-refractivity contribution in [1.29, 1.82) is 0 Å². The fourth-order valence-electron chi connectivity index (χ4n) is 4.52. The largest absolute Gasteiger partial charge is 0.493 e. The number of ketones is 1. The summed E-state index contributed by atoms with van der Waals surface area (Å²) in [5, 5.41) is 2.80. The van der Waals surface area contributed by atoms with E-state index in [-0.39, 0.29) is 24.8 Å². The second kappa shape index (κ2) is 7.23. The first-order valence-corrected chi connectivity index (χ1v) is 10.3. The number of amides is 4. The zero-order chi connectivity index (χ0) is 21.6. The van der Waals surface area contributed by atoms with Crippen LogP contribution in [0.15, 0.2) is 48.5 Å². The molecular formula is C23H21N3O5. The minimum atomic E-state index is -1.21. The number of carbonyl (C=O) groups is 4. The van der Waals surface area contributed by atoms with Crippen LogP contribution in [0.1, 0.15) is 35.2 Å². The maximum absolute atomic E-state index is 13.3. The van der Waals surface area contributed by atoms with Gasteiger partial charge in [-0.2, -0.15) is 0 Å². The van der Waals surface area contributed by atoms with Crippen LogP contribution >= 0.6 is 0 Å². The van der Waals surface area contributed by atoms with Gasteiger partial charge in [-0.3, -0.25) is 19.3 Å². The molecule has 4 amide bonds. The Morgan fingerprint density at radius 2 is 1.94 bits per heavy atom. The van der Waals surface area contributed by atoms with E-state index < -0.39 is 17.5 Å². The van der Waals surface area contributed by atoms with E-state index in [2.05, 4.69) is 5.32 Å². The first-order valence-electron chi connectivity index (χ1n) is 10.3. The van der Waals surface area contributed by atoms with Crippen LogP contribution in [0.2, 0.25) is 0 Å². The summed E-state index contributed by atoms with van der Waals surface area (Å²) in [6, 6.07) is 13.3. The second-order valence-corrected chi connectivity index (χ2v) is 7.94. The summed E-state index contributed by atoms with van der Waals surface area (Å²) in [5.74, 6) is -0.237. The third-order valence-corrected chi connectivity index (χ3v) is 6.11. The number of para-hydroxylation sites is 1. The van der Waals surface area contributed by atoms with Gasteiger partial charge in [0, 0.05) is 36.2 Å². The number of hydrogen-bond donors (Lipinski definition) is 1. The molecule has 1 N–H and O–H groups in total. The summed E-state index contributed by atoms with van der Waals surface area (Å²) < 4.78 is 5.63. The van der Waals surface area contributed by atoms with Crippen molar-refractivity contribution in [3.8, 4) is 5.75 Å². The van der Waals surface area contributed by atoms with E-state index in [1.165, 1.54) is 0 Å². The molecule has 0 bridgehead atoms. The summed E-state index contributed by atoms with van der Waals surface area (Å²) in [6.45, 7) is 0.539. The number of Topliss-reactive ketones (excluding diaryl/α,β-unsaturated/α-hetero) is 1. The molecule has 2 fully saturated rings. The van der Waals surface area contributed by atoms with Gasteiger partial charge in [0.25, 0.3) is 5.91 Å². The summed E-state index contributed by atoms with van der Waals surface area (Å²) in [4.78, 5) is 53.6. The lowest BCUT2D eigenvalue weighted by Crippen LogP contribution is -2.47. The van der Waals surface area contributed by atoms with Crippen molar-refractivity contribution in [1.82, 2.24) is 10.2 Å². The SMILES string of the molecule is O=C(CN1C(=O)N[C@@]2(CCOc3ccccc32)C1=O)c1cccc(N2CCCC2=O)c1. The number of benzene rings is 2. The Morgan fingerprint density at radius 3 is 2.74 bits per heavy atom. The maximum atomic E-state index is 13.3. The van der Waals surface area contributed by atoms with Gasteiger partial charge in [-0.25, -0.2) is 4.79 Å². The molecular weight excluding hydrogens is 398 g/mol. The van der Waals surface area contributed by atoms with Crippen LogP contribution < -0.4 is 15.0 Å². The summed E-state index contributed by atoms with van der Waals surface area (Å²) in [5.41, 5.74) is 0.395. The van der Waals surface area contributed by atoms with Gasteiger partial charge in [-0.05, 0) is 24.6 Å². The van der Waals surface area contributed by atoms with E-state index in [1.54, 1.807) is 53.4 Å². The van der Waals surface area contributed by atoms with Crippen molar-refractivity contribution >= 4 is 29.3 Å². The van der Waals surface area contributed by atoms with Crippen molar-refractivity contribution < 1.29 is 23.9 Å². The van der Waals surface area contributed by atoms with Gasteiger partial charge in [0.1, 0.15) is 5.75 Å². The third kappa shape index (κ3) is 3.06. The van der Waals surface area contributed by atoms with Crippen LogP contribution in [0.3, 0.4) is 0 Å². The molecule has 3 heterocycles. The molecule has 1 atom stereocenters. The van der Waals surface area contributed by atoms with Crippen LogP contribution in [0.25, 0.3) is 0 Å². The number of nitrogens with one attached hydrogen (secondary N) is 1. The number of fused-ring (bicyclic) bond motifs is 2. The summed E-state index contributed by atoms with van der Waals surface area (Å²) in [7, 11) is 0. The topological polar surface area (TPSA) is 96.0 Å². The minimum Gasteiger partial charge on any atom is -0.493 e. The smallest absolute Gasteiger partial charge is 0.325 e. The van der Waals surface area contributed by atoms with Gasteiger partial charge in [0.2, 0.25) is 5.91 Å². The average Bonchev–Trinajstić information content (AvgIpc) is 3.31. The molecule has 2 aromatic carbocycles. The van der Waals surface area contributed by atoms with E-state index in [9.17, 15) is 19.2 Å². The first-order chi connectivity index (χ1) is 15.0. The van der Waals surface area contributed by atoms with Gasteiger partial charge < -0.3 is 15.0 Å². The quantitative estimate of drug-likeness (QED) is 0.606. The van der Waals surface area contributed by atoms with Gasteiger partial charge in [-0.15, -0.1) is 0 Å². The van der Waals surface area contributed by atoms with E-state index in [0.717, 1.165) is 11.3 Å². The minimum absolute atomic E-state index is 0.0267. The van der Waals surface area contributed by atoms with Gasteiger partial charge in [0.15, 0.2) is 11.3 Å². The Labute approximate surface area is 178 Å². The number of carbonyl (C=O) groups excluding carboxylic acids is 4. The number of ether oxygens (including phenoxy) is 1. The second-order valence-electron chi connectivity index (χ2n) is 7.94. The number of anilines is 1. The van der Waals surface area contributed by atoms with Gasteiger partial charge in [-0.1, -0.05) is 30.3 Å². The monoisotopic (exact) mass is 419 g/mol. The Balaban J connectivity index is 1.39. The molecule has 0 radical (unpaired) electrons. The molecule has 3 aliphatic heterocycles. The molecule has 0 aromatic heterocycles. The highest BCUT2D eigenvalue weighted by Gasteiger charge is 2.55. The Morgan fingerprint density at radius 1 is 1.10 bits per heavy atom. The molecule has 31 heavy (non-hydrogen) atoms. The fraction of sp³-hybridized carbons (Fsp3) is 0.304. The van der Waals surface area contributed by atoms with Crippen LogP contribution in [-0.2, 0) is 15.1 Å². The molecule has 1 spiro atoms. The molecule has 158 valence electrons. The molecule has 5 rings (SSSR count). The van der Waals surface area contributed by atoms with Crippen LogP contribution in [0.5, 0.6) is 5.75 Å². The van der Waals surface area contributed by atoms with Crippen LogP contribution in [0.4, 0.5) is 10.5 Å². The number of hydrogen-bond acceptors (Lipinski definition) is 5. The van der Waals surface area contributed by atoms with Crippen molar-refractivity contribution in [2.75, 3.05) is 24.6 Å². The summed E-state index contributed by atoms with van der Waals surface area (Å²) in [6.07, 6.45) is 1.58. The third-order valence-electron chi connectivity index (χ3n) is 6.11. The standard InChI is InChI=1S/C23H21N3O5/c27-18(15-5-3-6-16(13-15)25-11-4-9-20(25)28)14-26-21(29)23(24-22(26)30)10-12-31-19-8-2-1-7-17(19)23/h1-3,5-8,13H,4,9-12,14H2,(H,24,30)/t23-/m1/s1. The lowest BCUT2D eigenvalue weighted by Gasteiger charge is -2.33. The van der Waals surface area contributed by atoms with E-state index in [0.29, 0.717) is 42.0 Å². The molecule has 0 saturated carbocycles. The molecule has 8 nitrogen and oxygen atoms in total. The molecule has 2 aromatic rings. The lowest BCUT2D eigenvalue weighted by atomic mass is 9.84. The Hall–Kier alpha value is -3.68. The fourth-order valence-corrected chi connectivity index (χ4v) is 4.52. The predicted octanol–water partition coefficient (Wildman–Crippen LogP) is 2.23. The normalized spacial score (nSPS) is 22.5. The van der Waals surface area contributed by atoms with Crippen LogP contribution in [-0.4, -0.2) is 48.2 Å². The van der Waals surface area contributed by atoms with Crippen molar-refractivity contribution in [3.63, 3.8) is 0 Å². The number of rotatable bonds is 4. The van der Waals surface area contributed by atoms with Gasteiger partial charge >= 0.3 is 6.03 Å². The number of imide groups is 1. The number of urea groups is 1. The Kier molecular flexibility index (Phi) is 4.50. The Bertz CT molecular complexity index is 1110. The van der Waals surface area contributed by atoms with Crippen molar-refractivity contribution in [2.24, 2.45) is 0 Å². The summed E-state index contributed by atoms with van der Waals surface area (Å²) >= 11 is 0. The van der Waals surface area contributed by atoms with E-state index >= 15 is 0 Å². The zero-order valence-electron chi connectivity index (χ0n) is 16.8. The van der Waals surface area contributed by atoms with Gasteiger partial charge in [0.05, 0.1) is 13.2 Å². The number of nitrogens with zero attached hydrogens (tertiary/aromatic N) is 2. The highest BCUT2D eigenvalue weighted by Crippen LogP contribution is 2.41. The predicted molar refractivity (Wildman–Crippen MR) is 111 cm³/mol. The first kappa shape index (κ1) is 19.3. The average molecular weight is 419 g/mol. The van der Waals surface area contributed by atoms with E-state index in [4.69, 9.17) is 4.74 Å². The highest BCUT2D eigenvalue weighted by atomic mass is 16.5. The molecule has 2 saturated heterocycles. The lowest BCUT2D eigenvalue weighted by molar-refractivity contribution is -0.132.